The summed E-state index contributed by atoms with van der Waals surface area (Å²) in [5, 5.41) is 16.0. The Balaban J connectivity index is 2.39. The topological polar surface area (TPSA) is 61.4 Å². The fraction of sp³-hybridized carbons (Fsp3) is 0.500. The average Bonchev–Trinajstić information content (AvgIpc) is 2.32. The van der Waals surface area contributed by atoms with E-state index in [-0.39, 0.29) is 11.4 Å². The van der Waals surface area contributed by atoms with Gasteiger partial charge in [-0.05, 0) is 30.0 Å². The molecule has 0 heterocycles. The zero-order valence-electron chi connectivity index (χ0n) is 11.8. The Morgan fingerprint density at radius 2 is 1.95 bits per heavy atom. The van der Waals surface area contributed by atoms with Crippen molar-refractivity contribution in [2.75, 3.05) is 11.9 Å². The zero-order valence-corrected chi connectivity index (χ0v) is 13.3. The van der Waals surface area contributed by atoms with Crippen molar-refractivity contribution in [1.82, 2.24) is 5.32 Å². The minimum Gasteiger partial charge on any atom is -0.393 e. The van der Waals surface area contributed by atoms with Crippen molar-refractivity contribution in [3.63, 3.8) is 0 Å². The summed E-state index contributed by atoms with van der Waals surface area (Å²) >= 11 is 11.6. The van der Waals surface area contributed by atoms with E-state index in [9.17, 15) is 9.90 Å². The van der Waals surface area contributed by atoms with Crippen LogP contribution in [0.1, 0.15) is 27.2 Å². The number of urea groups is 1. The minimum atomic E-state index is -0.465. The third-order valence-corrected chi connectivity index (χ3v) is 3.62. The molecule has 1 rings (SSSR count). The van der Waals surface area contributed by atoms with E-state index in [1.54, 1.807) is 18.2 Å². The van der Waals surface area contributed by atoms with Crippen LogP contribution in [0.3, 0.4) is 0 Å². The molecule has 112 valence electrons. The van der Waals surface area contributed by atoms with Gasteiger partial charge in [0.15, 0.2) is 0 Å². The molecule has 1 aromatic rings. The van der Waals surface area contributed by atoms with Crippen LogP contribution in [0.4, 0.5) is 10.5 Å². The summed E-state index contributed by atoms with van der Waals surface area (Å²) in [6, 6.07) is 4.51. The molecule has 1 unspecified atom stereocenters. The number of rotatable bonds is 4. The highest BCUT2D eigenvalue weighted by molar-refractivity contribution is 6.42. The highest BCUT2D eigenvalue weighted by atomic mass is 35.5. The van der Waals surface area contributed by atoms with Gasteiger partial charge in [-0.2, -0.15) is 0 Å². The van der Waals surface area contributed by atoms with Crippen molar-refractivity contribution >= 4 is 34.9 Å². The summed E-state index contributed by atoms with van der Waals surface area (Å²) in [5.41, 5.74) is 0.371. The number of amides is 2. The first-order valence-corrected chi connectivity index (χ1v) is 7.13. The molecule has 0 aliphatic carbocycles. The van der Waals surface area contributed by atoms with Crippen LogP contribution < -0.4 is 10.6 Å². The first-order chi connectivity index (χ1) is 9.20. The normalized spacial score (nSPS) is 12.9. The quantitative estimate of drug-likeness (QED) is 0.788. The fourth-order valence-electron chi connectivity index (χ4n) is 1.50. The number of hydrogen-bond acceptors (Lipinski definition) is 2. The second kappa shape index (κ2) is 7.16. The highest BCUT2D eigenvalue weighted by Crippen LogP contribution is 2.25. The van der Waals surface area contributed by atoms with Crippen molar-refractivity contribution in [3.8, 4) is 0 Å². The van der Waals surface area contributed by atoms with Gasteiger partial charge in [0.05, 0.1) is 16.1 Å². The predicted molar refractivity (Wildman–Crippen MR) is 83.6 cm³/mol. The van der Waals surface area contributed by atoms with Gasteiger partial charge in [-0.3, -0.25) is 0 Å². The molecule has 0 aliphatic heterocycles. The molecule has 0 fully saturated rings. The van der Waals surface area contributed by atoms with Crippen LogP contribution in [-0.4, -0.2) is 23.8 Å². The summed E-state index contributed by atoms with van der Waals surface area (Å²) < 4.78 is 0. The number of benzene rings is 1. The Kier molecular flexibility index (Phi) is 6.11. The molecule has 0 saturated carbocycles. The number of carbonyl (C=O) groups excluding carboxylic acids is 1. The molecule has 1 aromatic carbocycles. The largest absolute Gasteiger partial charge is 0.393 e. The van der Waals surface area contributed by atoms with Gasteiger partial charge in [0.2, 0.25) is 0 Å². The molecule has 6 heteroatoms. The van der Waals surface area contributed by atoms with Crippen LogP contribution in [-0.2, 0) is 0 Å². The SMILES string of the molecule is CC(C)(C)C(O)CCNC(=O)Nc1ccc(Cl)c(Cl)c1. The highest BCUT2D eigenvalue weighted by Gasteiger charge is 2.21. The maximum atomic E-state index is 11.7. The van der Waals surface area contributed by atoms with E-state index >= 15 is 0 Å². The lowest BCUT2D eigenvalue weighted by atomic mass is 9.87. The lowest BCUT2D eigenvalue weighted by Crippen LogP contribution is -2.34. The van der Waals surface area contributed by atoms with E-state index in [1.165, 1.54) is 0 Å². The van der Waals surface area contributed by atoms with Crippen molar-refractivity contribution in [2.24, 2.45) is 5.41 Å². The summed E-state index contributed by atoms with van der Waals surface area (Å²) in [7, 11) is 0. The molecular formula is C14H20Cl2N2O2. The Hall–Kier alpha value is -0.970. The van der Waals surface area contributed by atoms with E-state index in [2.05, 4.69) is 10.6 Å². The summed E-state index contributed by atoms with van der Waals surface area (Å²) in [4.78, 5) is 11.7. The number of carbonyl (C=O) groups is 1. The van der Waals surface area contributed by atoms with Crippen molar-refractivity contribution in [1.29, 1.82) is 0 Å². The van der Waals surface area contributed by atoms with Gasteiger partial charge in [-0.15, -0.1) is 0 Å². The van der Waals surface area contributed by atoms with Crippen molar-refractivity contribution < 1.29 is 9.90 Å². The summed E-state index contributed by atoms with van der Waals surface area (Å²) in [5.74, 6) is 0. The van der Waals surface area contributed by atoms with Gasteiger partial charge in [-0.25, -0.2) is 4.79 Å². The molecule has 0 bridgehead atoms. The standard InChI is InChI=1S/C14H20Cl2N2O2/c1-14(2,3)12(19)6-7-17-13(20)18-9-4-5-10(15)11(16)8-9/h4-5,8,12,19H,6-7H2,1-3H3,(H2,17,18,20). The number of anilines is 1. The monoisotopic (exact) mass is 318 g/mol. The maximum absolute atomic E-state index is 11.7. The van der Waals surface area contributed by atoms with Gasteiger partial charge in [0, 0.05) is 12.2 Å². The minimum absolute atomic E-state index is 0.193. The van der Waals surface area contributed by atoms with Crippen LogP contribution in [0.25, 0.3) is 0 Å². The van der Waals surface area contributed by atoms with E-state index in [0.717, 1.165) is 0 Å². The van der Waals surface area contributed by atoms with Gasteiger partial charge in [-0.1, -0.05) is 44.0 Å². The van der Waals surface area contributed by atoms with E-state index < -0.39 is 6.10 Å². The molecule has 1 atom stereocenters. The van der Waals surface area contributed by atoms with Crippen LogP contribution in [0.15, 0.2) is 18.2 Å². The summed E-state index contributed by atoms with van der Waals surface area (Å²) in [6.45, 7) is 6.25. The zero-order chi connectivity index (χ0) is 15.3. The molecule has 0 radical (unpaired) electrons. The third-order valence-electron chi connectivity index (χ3n) is 2.88. The molecule has 0 saturated heterocycles. The van der Waals surface area contributed by atoms with Crippen LogP contribution in [0, 0.1) is 5.41 Å². The van der Waals surface area contributed by atoms with Crippen LogP contribution >= 0.6 is 23.2 Å². The van der Waals surface area contributed by atoms with E-state index in [0.29, 0.717) is 28.7 Å². The molecule has 0 aliphatic rings. The average molecular weight is 319 g/mol. The fourth-order valence-corrected chi connectivity index (χ4v) is 1.80. The predicted octanol–water partition coefficient (Wildman–Crippen LogP) is 3.91. The molecule has 20 heavy (non-hydrogen) atoms. The number of aliphatic hydroxyl groups excluding tert-OH is 1. The Bertz CT molecular complexity index is 473. The lowest BCUT2D eigenvalue weighted by molar-refractivity contribution is 0.0565. The molecule has 2 amide bonds. The van der Waals surface area contributed by atoms with Crippen molar-refractivity contribution in [3.05, 3.63) is 28.2 Å². The Morgan fingerprint density at radius 3 is 2.50 bits per heavy atom. The van der Waals surface area contributed by atoms with Crippen LogP contribution in [0.5, 0.6) is 0 Å². The van der Waals surface area contributed by atoms with Crippen LogP contribution in [0.2, 0.25) is 10.0 Å². The van der Waals surface area contributed by atoms with E-state index in [4.69, 9.17) is 23.2 Å². The lowest BCUT2D eigenvalue weighted by Gasteiger charge is -2.25. The molecular weight excluding hydrogens is 299 g/mol. The smallest absolute Gasteiger partial charge is 0.319 e. The molecule has 0 spiro atoms. The van der Waals surface area contributed by atoms with Gasteiger partial charge in [0.1, 0.15) is 0 Å². The van der Waals surface area contributed by atoms with Gasteiger partial charge < -0.3 is 15.7 Å². The van der Waals surface area contributed by atoms with Gasteiger partial charge in [0.25, 0.3) is 0 Å². The Labute approximate surface area is 129 Å². The number of aliphatic hydroxyl groups is 1. The molecule has 4 nitrogen and oxygen atoms in total. The second-order valence-electron chi connectivity index (χ2n) is 5.68. The Morgan fingerprint density at radius 1 is 1.30 bits per heavy atom. The molecule has 3 N–H and O–H groups in total. The third kappa shape index (κ3) is 5.57. The van der Waals surface area contributed by atoms with Crippen molar-refractivity contribution in [2.45, 2.75) is 33.3 Å². The molecule has 0 aromatic heterocycles. The number of halogens is 2. The maximum Gasteiger partial charge on any atom is 0.319 e. The second-order valence-corrected chi connectivity index (χ2v) is 6.49. The number of hydrogen-bond donors (Lipinski definition) is 3. The summed E-state index contributed by atoms with van der Waals surface area (Å²) in [6.07, 6.45) is 0.0333. The number of nitrogens with one attached hydrogen (secondary N) is 2. The van der Waals surface area contributed by atoms with Gasteiger partial charge >= 0.3 is 6.03 Å². The first kappa shape index (κ1) is 17.1. The first-order valence-electron chi connectivity index (χ1n) is 6.38. The van der Waals surface area contributed by atoms with E-state index in [1.807, 2.05) is 20.8 Å².